The van der Waals surface area contributed by atoms with Crippen LogP contribution in [0.15, 0.2) is 24.3 Å². The van der Waals surface area contributed by atoms with Crippen molar-refractivity contribution in [3.8, 4) is 0 Å². The zero-order valence-electron chi connectivity index (χ0n) is 40.0. The molecule has 4 aliphatic rings. The molecule has 0 saturated heterocycles. The van der Waals surface area contributed by atoms with Gasteiger partial charge in [0.25, 0.3) is 0 Å². The molecule has 346 valence electrons. The van der Waals surface area contributed by atoms with Crippen LogP contribution in [0.5, 0.6) is 0 Å². The zero-order chi connectivity index (χ0) is 43.5. The number of ether oxygens (including phenoxy) is 3. The summed E-state index contributed by atoms with van der Waals surface area (Å²) in [7, 11) is 0. The maximum absolute atomic E-state index is 13.2. The molecule has 0 heterocycles. The van der Waals surface area contributed by atoms with E-state index in [1.807, 2.05) is 12.2 Å². The molecule has 0 radical (unpaired) electrons. The van der Waals surface area contributed by atoms with E-state index in [0.717, 1.165) is 96.2 Å². The Morgan fingerprint density at radius 1 is 0.567 bits per heavy atom. The number of rotatable bonds is 36. The van der Waals surface area contributed by atoms with Crippen LogP contribution in [0.1, 0.15) is 221 Å². The van der Waals surface area contributed by atoms with Crippen molar-refractivity contribution >= 4 is 17.9 Å². The van der Waals surface area contributed by atoms with Gasteiger partial charge in [-0.1, -0.05) is 156 Å². The Bertz CT molecular complexity index is 1260. The van der Waals surface area contributed by atoms with Gasteiger partial charge in [0.2, 0.25) is 0 Å². The maximum Gasteiger partial charge on any atom is 0.330 e. The molecule has 0 aliphatic heterocycles. The molecule has 7 nitrogen and oxygen atoms in total. The van der Waals surface area contributed by atoms with E-state index >= 15 is 0 Å². The molecule has 60 heavy (non-hydrogen) atoms. The van der Waals surface area contributed by atoms with Gasteiger partial charge in [0.1, 0.15) is 0 Å². The minimum Gasteiger partial charge on any atom is -0.465 e. The molecule has 4 fully saturated rings. The van der Waals surface area contributed by atoms with Crippen molar-refractivity contribution in [2.45, 2.75) is 221 Å². The van der Waals surface area contributed by atoms with Crippen LogP contribution in [0.3, 0.4) is 0 Å². The van der Waals surface area contributed by atoms with Crippen molar-refractivity contribution in [3.05, 3.63) is 24.3 Å². The molecule has 4 bridgehead atoms. The summed E-state index contributed by atoms with van der Waals surface area (Å²) < 4.78 is 18.3. The highest BCUT2D eigenvalue weighted by Crippen LogP contribution is 2.70. The third-order valence-electron chi connectivity index (χ3n) is 14.6. The Hall–Kier alpha value is -2.15. The Balaban J connectivity index is 1.59. The third kappa shape index (κ3) is 19.9. The second-order valence-electron chi connectivity index (χ2n) is 20.3. The lowest BCUT2D eigenvalue weighted by Gasteiger charge is -2.66. The second kappa shape index (κ2) is 29.3. The summed E-state index contributed by atoms with van der Waals surface area (Å²) in [5.74, 6) is 1.19. The lowest BCUT2D eigenvalue weighted by atomic mass is 9.40. The first-order chi connectivity index (χ1) is 29.0. The van der Waals surface area contributed by atoms with Gasteiger partial charge in [-0.15, -0.1) is 0 Å². The molecule has 0 aromatic heterocycles. The van der Waals surface area contributed by atoms with Gasteiger partial charge in [0.05, 0.1) is 19.8 Å². The quantitative estimate of drug-likeness (QED) is 0.0269. The molecular weight excluding hydrogens is 747 g/mol. The fourth-order valence-electron chi connectivity index (χ4n) is 11.8. The summed E-state index contributed by atoms with van der Waals surface area (Å²) in [6, 6.07) is 0. The first kappa shape index (κ1) is 52.2. The molecule has 4 aliphatic carbocycles. The normalized spacial score (nSPS) is 24.4. The van der Waals surface area contributed by atoms with E-state index in [4.69, 9.17) is 14.2 Å². The van der Waals surface area contributed by atoms with Crippen molar-refractivity contribution < 1.29 is 28.6 Å². The number of hydrogen-bond donors (Lipinski definition) is 0. The molecule has 0 amide bonds. The second-order valence-corrected chi connectivity index (χ2v) is 20.3. The van der Waals surface area contributed by atoms with Crippen molar-refractivity contribution in [1.82, 2.24) is 4.90 Å². The molecule has 4 saturated carbocycles. The Kier molecular flexibility index (Phi) is 25.5. The van der Waals surface area contributed by atoms with E-state index in [1.165, 1.54) is 103 Å². The van der Waals surface area contributed by atoms with Gasteiger partial charge in [-0.25, -0.2) is 9.59 Å². The van der Waals surface area contributed by atoms with Crippen LogP contribution in [0, 0.1) is 34.0 Å². The number of nitrogens with zero attached hydrogens (tertiary/aromatic N) is 1. The van der Waals surface area contributed by atoms with Gasteiger partial charge in [0, 0.05) is 34.8 Å². The van der Waals surface area contributed by atoms with E-state index in [2.05, 4.69) is 46.4 Å². The summed E-state index contributed by atoms with van der Waals surface area (Å²) in [6.07, 6.45) is 39.1. The Morgan fingerprint density at radius 3 is 1.53 bits per heavy atom. The minimum atomic E-state index is -0.263. The number of esters is 3. The topological polar surface area (TPSA) is 82.1 Å². The van der Waals surface area contributed by atoms with Crippen LogP contribution >= 0.6 is 0 Å². The molecule has 0 spiro atoms. The first-order valence-corrected chi connectivity index (χ1v) is 25.6. The molecule has 0 aromatic carbocycles. The summed E-state index contributed by atoms with van der Waals surface area (Å²) in [6.45, 7) is 17.4. The van der Waals surface area contributed by atoms with Crippen molar-refractivity contribution in [2.75, 3.05) is 39.5 Å². The smallest absolute Gasteiger partial charge is 0.330 e. The number of hydrogen-bond acceptors (Lipinski definition) is 7. The first-order valence-electron chi connectivity index (χ1n) is 25.6. The lowest BCUT2D eigenvalue weighted by molar-refractivity contribution is -0.211. The van der Waals surface area contributed by atoms with E-state index in [9.17, 15) is 14.4 Å². The zero-order valence-corrected chi connectivity index (χ0v) is 40.0. The van der Waals surface area contributed by atoms with Gasteiger partial charge >= 0.3 is 17.9 Å². The lowest BCUT2D eigenvalue weighted by Crippen LogP contribution is -2.61. The molecule has 4 rings (SSSR count). The van der Waals surface area contributed by atoms with Gasteiger partial charge in [0.15, 0.2) is 0 Å². The van der Waals surface area contributed by atoms with Crippen molar-refractivity contribution in [2.24, 2.45) is 34.0 Å². The van der Waals surface area contributed by atoms with Gasteiger partial charge in [-0.05, 0) is 108 Å². The van der Waals surface area contributed by atoms with Crippen molar-refractivity contribution in [1.29, 1.82) is 0 Å². The summed E-state index contributed by atoms with van der Waals surface area (Å²) >= 11 is 0. The monoisotopic (exact) mass is 840 g/mol. The van der Waals surface area contributed by atoms with Gasteiger partial charge in [-0.2, -0.15) is 0 Å². The van der Waals surface area contributed by atoms with Crippen LogP contribution in [-0.4, -0.2) is 62.3 Å². The van der Waals surface area contributed by atoms with Crippen molar-refractivity contribution in [3.63, 3.8) is 0 Å². The minimum absolute atomic E-state index is 0.121. The highest BCUT2D eigenvalue weighted by Gasteiger charge is 2.64. The molecule has 6 atom stereocenters. The molecule has 0 N–H and O–H groups in total. The predicted octanol–water partition coefficient (Wildman–Crippen LogP) is 13.9. The molecule has 0 aromatic rings. The van der Waals surface area contributed by atoms with E-state index in [-0.39, 0.29) is 34.2 Å². The Labute approximate surface area is 369 Å². The Morgan fingerprint density at radius 2 is 1.02 bits per heavy atom. The number of allylic oxidation sites excluding steroid dienone is 2. The average Bonchev–Trinajstić information content (AvgIpc) is 3.22. The SMILES string of the molecule is CCCCCCCC(C)CC/C=C/C(=O)OCC12CC3CC(COC(=O)/C=C/CCC(CCCCC)CCCCCCC)(C1)CC(COC(=O)CCCN(CC)CC)(C3)C2. The predicted molar refractivity (Wildman–Crippen MR) is 249 cm³/mol. The fourth-order valence-corrected chi connectivity index (χ4v) is 11.8. The molecule has 6 unspecified atom stereocenters. The standard InChI is InChI=1S/C53H93NO6/c1-7-12-15-17-20-27-45(6)28-22-24-32-48(55)58-42-51-36-47-37-52(39-51,41-53(38-47,40-51)44-60-50(57)34-26-35-54(10-4)11-5)43-59-49(56)33-25-23-31-46(29-19-14-9-3)30-21-18-16-13-8-2/h24-25,32-33,45-47H,7-23,26-31,34-44H2,1-6H3/b32-24+,33-25+. The highest BCUT2D eigenvalue weighted by molar-refractivity contribution is 5.82. The van der Waals surface area contributed by atoms with Gasteiger partial charge in [-0.3, -0.25) is 4.79 Å². The number of unbranched alkanes of at least 4 members (excludes halogenated alkanes) is 10. The summed E-state index contributed by atoms with van der Waals surface area (Å²) in [5, 5.41) is 0. The van der Waals surface area contributed by atoms with Crippen LogP contribution in [-0.2, 0) is 28.6 Å². The van der Waals surface area contributed by atoms with E-state index < -0.39 is 0 Å². The van der Waals surface area contributed by atoms with Gasteiger partial charge < -0.3 is 19.1 Å². The van der Waals surface area contributed by atoms with Crippen LogP contribution in [0.2, 0.25) is 0 Å². The molecule has 7 heteroatoms. The van der Waals surface area contributed by atoms with E-state index in [1.54, 1.807) is 12.2 Å². The molecular formula is C53H93NO6. The largest absolute Gasteiger partial charge is 0.465 e. The van der Waals surface area contributed by atoms with E-state index in [0.29, 0.717) is 38.1 Å². The fraction of sp³-hybridized carbons (Fsp3) is 0.868. The van der Waals surface area contributed by atoms with Crippen LogP contribution in [0.4, 0.5) is 0 Å². The summed E-state index contributed by atoms with van der Waals surface area (Å²) in [5.41, 5.74) is -0.584. The summed E-state index contributed by atoms with van der Waals surface area (Å²) in [4.78, 5) is 41.8. The van der Waals surface area contributed by atoms with Crippen LogP contribution < -0.4 is 0 Å². The van der Waals surface area contributed by atoms with Crippen LogP contribution in [0.25, 0.3) is 0 Å². The average molecular weight is 840 g/mol. The maximum atomic E-state index is 13.2. The number of carbonyl (C=O) groups excluding carboxylic acids is 3. The number of carbonyl (C=O) groups is 3. The third-order valence-corrected chi connectivity index (χ3v) is 14.6. The highest BCUT2D eigenvalue weighted by atomic mass is 16.5.